The average molecular weight is 694 g/mol. The van der Waals surface area contributed by atoms with Crippen molar-refractivity contribution < 1.29 is 0 Å². The van der Waals surface area contributed by atoms with E-state index in [2.05, 4.69) is 152 Å². The van der Waals surface area contributed by atoms with Gasteiger partial charge in [-0.3, -0.25) is 0 Å². The van der Waals surface area contributed by atoms with Crippen LogP contribution in [0.4, 0.5) is 0 Å². The summed E-state index contributed by atoms with van der Waals surface area (Å²) in [5.41, 5.74) is 11.5. The van der Waals surface area contributed by atoms with E-state index in [1.807, 2.05) is 0 Å². The van der Waals surface area contributed by atoms with Gasteiger partial charge in [0.25, 0.3) is 0 Å². The van der Waals surface area contributed by atoms with Gasteiger partial charge in [0, 0.05) is 22.1 Å². The van der Waals surface area contributed by atoms with Crippen LogP contribution in [0.3, 0.4) is 0 Å². The Morgan fingerprint density at radius 1 is 0.407 bits per heavy atom. The fourth-order valence-electron chi connectivity index (χ4n) is 11.8. The van der Waals surface area contributed by atoms with Crippen LogP contribution in [0.1, 0.15) is 43.2 Å². The smallest absolute Gasteiger partial charge is 0.164 e. The molecule has 1 heterocycles. The van der Waals surface area contributed by atoms with E-state index in [0.29, 0.717) is 23.5 Å². The van der Waals surface area contributed by atoms with Gasteiger partial charge in [-0.1, -0.05) is 146 Å². The fraction of sp³-hybridized carbons (Fsp3) is 0.196. The quantitative estimate of drug-likeness (QED) is 0.184. The first-order valence-corrected chi connectivity index (χ1v) is 19.8. The first-order chi connectivity index (χ1) is 26.7. The molecule has 5 aliphatic carbocycles. The molecule has 3 heteroatoms. The maximum Gasteiger partial charge on any atom is 0.164 e. The van der Waals surface area contributed by atoms with Crippen LogP contribution in [-0.4, -0.2) is 15.0 Å². The maximum absolute atomic E-state index is 5.38. The zero-order chi connectivity index (χ0) is 35.4. The molecule has 54 heavy (non-hydrogen) atoms. The largest absolute Gasteiger partial charge is 0.208 e. The molecule has 7 aromatic carbocycles. The summed E-state index contributed by atoms with van der Waals surface area (Å²) in [6.45, 7) is 0. The molecule has 1 aromatic heterocycles. The third-order valence-corrected chi connectivity index (χ3v) is 13.7. The topological polar surface area (TPSA) is 38.7 Å². The van der Waals surface area contributed by atoms with Crippen LogP contribution < -0.4 is 0 Å². The summed E-state index contributed by atoms with van der Waals surface area (Å²) < 4.78 is 0. The summed E-state index contributed by atoms with van der Waals surface area (Å²) in [5.74, 6) is 5.16. The van der Waals surface area contributed by atoms with E-state index >= 15 is 0 Å². The Morgan fingerprint density at radius 3 is 1.61 bits per heavy atom. The van der Waals surface area contributed by atoms with Crippen molar-refractivity contribution in [2.75, 3.05) is 0 Å². The molecule has 0 saturated heterocycles. The normalized spacial score (nSPS) is 23.3. The Balaban J connectivity index is 1.12. The van der Waals surface area contributed by atoms with Crippen molar-refractivity contribution in [3.63, 3.8) is 0 Å². The van der Waals surface area contributed by atoms with Gasteiger partial charge in [0.2, 0.25) is 0 Å². The van der Waals surface area contributed by atoms with Gasteiger partial charge in [-0.25, -0.2) is 15.0 Å². The van der Waals surface area contributed by atoms with Gasteiger partial charge in [-0.2, -0.15) is 0 Å². The van der Waals surface area contributed by atoms with Gasteiger partial charge in [-0.05, 0) is 117 Å². The lowest BCUT2D eigenvalue weighted by Gasteiger charge is -2.61. The Labute approximate surface area is 315 Å². The van der Waals surface area contributed by atoms with Crippen LogP contribution in [-0.2, 0) is 5.41 Å². The van der Waals surface area contributed by atoms with Crippen LogP contribution in [0.15, 0.2) is 152 Å². The van der Waals surface area contributed by atoms with E-state index in [4.69, 9.17) is 15.0 Å². The van der Waals surface area contributed by atoms with Gasteiger partial charge in [0.05, 0.1) is 0 Å². The molecule has 0 N–H and O–H groups in total. The van der Waals surface area contributed by atoms with Crippen molar-refractivity contribution in [1.82, 2.24) is 15.0 Å². The summed E-state index contributed by atoms with van der Waals surface area (Å²) in [6.07, 6.45) is 6.78. The molecule has 5 aliphatic rings. The molecule has 4 bridgehead atoms. The number of rotatable bonds is 4. The van der Waals surface area contributed by atoms with Crippen molar-refractivity contribution in [3.05, 3.63) is 163 Å². The molecule has 0 amide bonds. The number of hydrogen-bond donors (Lipinski definition) is 0. The predicted octanol–water partition coefficient (Wildman–Crippen LogP) is 12.6. The van der Waals surface area contributed by atoms with E-state index in [0.717, 1.165) is 34.4 Å². The first kappa shape index (κ1) is 30.5. The van der Waals surface area contributed by atoms with Crippen LogP contribution >= 0.6 is 0 Å². The van der Waals surface area contributed by atoms with E-state index in [1.54, 1.807) is 5.56 Å². The van der Waals surface area contributed by atoms with Crippen molar-refractivity contribution in [1.29, 1.82) is 0 Å². The number of fused-ring (bicyclic) bond motifs is 7. The Bertz CT molecular complexity index is 2740. The van der Waals surface area contributed by atoms with Gasteiger partial charge in [0.1, 0.15) is 0 Å². The highest BCUT2D eigenvalue weighted by Gasteiger charge is 2.62. The van der Waals surface area contributed by atoms with E-state index < -0.39 is 0 Å². The minimum Gasteiger partial charge on any atom is -0.208 e. The molecule has 3 nitrogen and oxygen atoms in total. The maximum atomic E-state index is 5.38. The second kappa shape index (κ2) is 11.5. The lowest BCUT2D eigenvalue weighted by atomic mass is 9.43. The monoisotopic (exact) mass is 693 g/mol. The minimum atomic E-state index is -0.0108. The number of hydrogen-bond acceptors (Lipinski definition) is 3. The molecule has 0 unspecified atom stereocenters. The standard InChI is InChI=1S/C51H39N3/c1-3-11-33(12-4-1)34-19-21-37(22-20-34)49-52-48(36-14-5-2-6-15-36)53-50(54-49)44-30-45-46(42-18-10-9-17-41(42)44)43-24-23-35-13-7-8-16-40(35)47(43)51(45)38-26-31-25-32(28-38)29-39(51)27-31/h1-24,30-32,38-39H,25-29H2. The third-order valence-electron chi connectivity index (χ3n) is 13.7. The molecule has 8 aromatic rings. The Kier molecular flexibility index (Phi) is 6.52. The molecular formula is C51H39N3. The number of aromatic nitrogens is 3. The van der Waals surface area contributed by atoms with Gasteiger partial charge in [0.15, 0.2) is 17.5 Å². The molecule has 0 radical (unpaired) electrons. The van der Waals surface area contributed by atoms with Crippen LogP contribution in [0.25, 0.3) is 78.0 Å². The second-order valence-corrected chi connectivity index (χ2v) is 16.4. The van der Waals surface area contributed by atoms with Crippen molar-refractivity contribution in [3.8, 4) is 56.4 Å². The van der Waals surface area contributed by atoms with Crippen LogP contribution in [0, 0.1) is 23.7 Å². The number of nitrogens with zero attached hydrogens (tertiary/aromatic N) is 3. The predicted molar refractivity (Wildman–Crippen MR) is 220 cm³/mol. The molecule has 4 saturated carbocycles. The summed E-state index contributed by atoms with van der Waals surface area (Å²) in [4.78, 5) is 15.9. The van der Waals surface area contributed by atoms with Crippen molar-refractivity contribution in [2.24, 2.45) is 23.7 Å². The van der Waals surface area contributed by atoms with Gasteiger partial charge >= 0.3 is 0 Å². The molecule has 1 spiro atoms. The Hall–Kier alpha value is -5.93. The summed E-state index contributed by atoms with van der Waals surface area (Å²) >= 11 is 0. The lowest BCUT2D eigenvalue weighted by Crippen LogP contribution is -2.55. The highest BCUT2D eigenvalue weighted by Crippen LogP contribution is 2.71. The van der Waals surface area contributed by atoms with E-state index in [1.165, 1.54) is 81.5 Å². The SMILES string of the molecule is c1ccc(-c2ccc(-c3nc(-c4ccccc4)nc(-c4cc5c(c6ccccc46)-c4ccc6ccccc6c4C54C5CC6CC(C5)CC4C6)n3)cc2)cc1. The average Bonchev–Trinajstić information content (AvgIpc) is 3.54. The van der Waals surface area contributed by atoms with Crippen molar-refractivity contribution >= 4 is 21.5 Å². The third kappa shape index (κ3) is 4.33. The van der Waals surface area contributed by atoms with Crippen molar-refractivity contribution in [2.45, 2.75) is 37.5 Å². The molecule has 258 valence electrons. The zero-order valence-corrected chi connectivity index (χ0v) is 30.1. The van der Waals surface area contributed by atoms with Gasteiger partial charge in [-0.15, -0.1) is 0 Å². The van der Waals surface area contributed by atoms with E-state index in [-0.39, 0.29) is 5.41 Å². The molecule has 0 aliphatic heterocycles. The summed E-state index contributed by atoms with van der Waals surface area (Å²) in [5, 5.41) is 5.31. The summed E-state index contributed by atoms with van der Waals surface area (Å²) in [7, 11) is 0. The van der Waals surface area contributed by atoms with Crippen LogP contribution in [0.5, 0.6) is 0 Å². The number of benzene rings is 7. The van der Waals surface area contributed by atoms with Crippen LogP contribution in [0.2, 0.25) is 0 Å². The molecule has 13 rings (SSSR count). The van der Waals surface area contributed by atoms with E-state index in [9.17, 15) is 0 Å². The molecule has 0 atom stereocenters. The summed E-state index contributed by atoms with van der Waals surface area (Å²) in [6, 6.07) is 55.2. The highest BCUT2D eigenvalue weighted by molar-refractivity contribution is 6.11. The van der Waals surface area contributed by atoms with Gasteiger partial charge < -0.3 is 0 Å². The minimum absolute atomic E-state index is 0.0108. The Morgan fingerprint density at radius 2 is 0.926 bits per heavy atom. The second-order valence-electron chi connectivity index (χ2n) is 16.4. The fourth-order valence-corrected chi connectivity index (χ4v) is 11.8. The lowest BCUT2D eigenvalue weighted by molar-refractivity contribution is -0.0393. The molecule has 4 fully saturated rings. The molecular weight excluding hydrogens is 655 g/mol. The highest BCUT2D eigenvalue weighted by atomic mass is 15.0. The first-order valence-electron chi connectivity index (χ1n) is 19.8. The zero-order valence-electron chi connectivity index (χ0n) is 30.1.